The van der Waals surface area contributed by atoms with Crippen LogP contribution in [0.25, 0.3) is 0 Å². The summed E-state index contributed by atoms with van der Waals surface area (Å²) in [5, 5.41) is 8.38. The highest BCUT2D eigenvalue weighted by atomic mass is 32.2. The van der Waals surface area contributed by atoms with Gasteiger partial charge in [0.05, 0.1) is 0 Å². The van der Waals surface area contributed by atoms with Gasteiger partial charge in [-0.2, -0.15) is 0 Å². The molecule has 0 amide bonds. The quantitative estimate of drug-likeness (QED) is 0.854. The first-order valence-electron chi connectivity index (χ1n) is 6.87. The Bertz CT molecular complexity index is 596. The van der Waals surface area contributed by atoms with Gasteiger partial charge in [0, 0.05) is 16.6 Å². The topological polar surface area (TPSA) is 54.4 Å². The summed E-state index contributed by atoms with van der Waals surface area (Å²) in [4.78, 5) is 11.4. The van der Waals surface area contributed by atoms with E-state index in [9.17, 15) is 14.1 Å². The Morgan fingerprint density at radius 3 is 2.14 bits per heavy atom. The van der Waals surface area contributed by atoms with Gasteiger partial charge in [-0.25, -0.2) is 0 Å². The number of aliphatic carboxylic acids is 1. The molecule has 2 aromatic rings. The first-order chi connectivity index (χ1) is 10.2. The molecule has 0 saturated carbocycles. The maximum atomic E-state index is 12.3. The molecule has 0 aromatic heterocycles. The van der Waals surface area contributed by atoms with Gasteiger partial charge in [0.2, 0.25) is 0 Å². The fourth-order valence-corrected chi connectivity index (χ4v) is 3.57. The van der Waals surface area contributed by atoms with Crippen LogP contribution in [0.2, 0.25) is 0 Å². The Balaban J connectivity index is 1.95. The van der Waals surface area contributed by atoms with E-state index in [0.717, 1.165) is 6.42 Å². The van der Waals surface area contributed by atoms with Crippen molar-refractivity contribution in [2.24, 2.45) is 0 Å². The van der Waals surface area contributed by atoms with Crippen molar-refractivity contribution in [1.82, 2.24) is 0 Å². The van der Waals surface area contributed by atoms with Gasteiger partial charge < -0.3 is 5.11 Å². The summed E-state index contributed by atoms with van der Waals surface area (Å²) in [6, 6.07) is 18.7. The third-order valence-corrected chi connectivity index (χ3v) is 4.93. The number of aryl methyl sites for hydroxylation is 1. The van der Waals surface area contributed by atoms with Crippen molar-refractivity contribution < 1.29 is 14.1 Å². The summed E-state index contributed by atoms with van der Waals surface area (Å²) < 4.78 is 12.3. The van der Waals surface area contributed by atoms with Crippen LogP contribution in [-0.4, -0.2) is 21.0 Å². The second-order valence-electron chi connectivity index (χ2n) is 4.80. The molecule has 2 aromatic carbocycles. The largest absolute Gasteiger partial charge is 0.480 e. The summed E-state index contributed by atoms with van der Waals surface area (Å²) >= 11 is 0. The summed E-state index contributed by atoms with van der Waals surface area (Å²) in [7, 11) is -1.41. The molecule has 0 bridgehead atoms. The van der Waals surface area contributed by atoms with E-state index >= 15 is 0 Å². The molecule has 21 heavy (non-hydrogen) atoms. The number of benzene rings is 2. The molecule has 1 N–H and O–H groups in total. The third-order valence-electron chi connectivity index (χ3n) is 3.24. The van der Waals surface area contributed by atoms with Crippen molar-refractivity contribution >= 4 is 16.8 Å². The zero-order chi connectivity index (χ0) is 15.1. The molecule has 0 heterocycles. The fraction of sp³-hybridized carbons (Fsp3) is 0.235. The second kappa shape index (κ2) is 7.74. The number of carboxylic acids is 1. The molecule has 2 atom stereocenters. The highest BCUT2D eigenvalue weighted by Gasteiger charge is 2.25. The van der Waals surface area contributed by atoms with E-state index in [1.165, 1.54) is 5.56 Å². The summed E-state index contributed by atoms with van der Waals surface area (Å²) in [5.41, 5.74) is 1.78. The molecule has 0 aliphatic heterocycles. The van der Waals surface area contributed by atoms with Crippen LogP contribution in [0.5, 0.6) is 0 Å². The molecule has 0 aliphatic rings. The van der Waals surface area contributed by atoms with Crippen LogP contribution in [0.15, 0.2) is 60.7 Å². The van der Waals surface area contributed by atoms with Crippen molar-refractivity contribution in [3.8, 4) is 0 Å². The molecule has 0 aliphatic carbocycles. The van der Waals surface area contributed by atoms with E-state index < -0.39 is 22.0 Å². The zero-order valence-corrected chi connectivity index (χ0v) is 12.5. The minimum Gasteiger partial charge on any atom is -0.480 e. The van der Waals surface area contributed by atoms with Gasteiger partial charge in [0.1, 0.15) is 0 Å². The monoisotopic (exact) mass is 302 g/mol. The van der Waals surface area contributed by atoms with Gasteiger partial charge in [0.25, 0.3) is 0 Å². The lowest BCUT2D eigenvalue weighted by Gasteiger charge is -2.12. The third kappa shape index (κ3) is 4.53. The number of carbonyl (C=O) groups is 1. The zero-order valence-electron chi connectivity index (χ0n) is 11.6. The van der Waals surface area contributed by atoms with Gasteiger partial charge >= 0.3 is 5.97 Å². The maximum Gasteiger partial charge on any atom is 0.323 e. The van der Waals surface area contributed by atoms with Gasteiger partial charge in [-0.15, -0.1) is 0 Å². The second-order valence-corrected chi connectivity index (χ2v) is 6.44. The van der Waals surface area contributed by atoms with Crippen LogP contribution in [-0.2, 0) is 22.0 Å². The summed E-state index contributed by atoms with van der Waals surface area (Å²) in [6.45, 7) is 0. The minimum absolute atomic E-state index is 0.390. The Morgan fingerprint density at radius 1 is 1.00 bits per heavy atom. The van der Waals surface area contributed by atoms with Crippen molar-refractivity contribution in [1.29, 1.82) is 0 Å². The first-order valence-corrected chi connectivity index (χ1v) is 8.25. The van der Waals surface area contributed by atoms with Gasteiger partial charge in [-0.1, -0.05) is 60.7 Å². The van der Waals surface area contributed by atoms with E-state index in [1.54, 1.807) is 24.3 Å². The molecule has 0 fully saturated rings. The van der Waals surface area contributed by atoms with Crippen molar-refractivity contribution in [2.45, 2.75) is 18.1 Å². The van der Waals surface area contributed by atoms with E-state index in [0.29, 0.717) is 17.7 Å². The molecule has 3 nitrogen and oxygen atoms in total. The Kier molecular flexibility index (Phi) is 5.69. The number of rotatable bonds is 7. The molecule has 110 valence electrons. The van der Waals surface area contributed by atoms with E-state index in [2.05, 4.69) is 0 Å². The smallest absolute Gasteiger partial charge is 0.323 e. The number of hydrogen-bond donors (Lipinski definition) is 1. The van der Waals surface area contributed by atoms with Crippen LogP contribution in [0.1, 0.15) is 22.8 Å². The molecule has 4 heteroatoms. The average molecular weight is 302 g/mol. The van der Waals surface area contributed by atoms with E-state index in [-0.39, 0.29) is 0 Å². The number of hydrogen-bond acceptors (Lipinski definition) is 2. The van der Waals surface area contributed by atoms with Gasteiger partial charge in [0.15, 0.2) is 5.25 Å². The molecule has 0 saturated heterocycles. The summed E-state index contributed by atoms with van der Waals surface area (Å²) in [6.07, 6.45) is 1.53. The van der Waals surface area contributed by atoms with Gasteiger partial charge in [-0.05, 0) is 24.0 Å². The highest BCUT2D eigenvalue weighted by molar-refractivity contribution is 7.86. The average Bonchev–Trinajstić information content (AvgIpc) is 2.49. The minimum atomic E-state index is -1.41. The molecular formula is C17H18O3S. The maximum absolute atomic E-state index is 12.3. The fourth-order valence-electron chi connectivity index (χ4n) is 2.22. The van der Waals surface area contributed by atoms with Crippen LogP contribution in [0, 0.1) is 0 Å². The van der Waals surface area contributed by atoms with Crippen molar-refractivity contribution in [2.75, 3.05) is 5.75 Å². The number of carboxylic acid groups (broad SMARTS) is 1. The lowest BCUT2D eigenvalue weighted by atomic mass is 10.1. The van der Waals surface area contributed by atoms with Crippen LogP contribution < -0.4 is 0 Å². The highest BCUT2D eigenvalue weighted by Crippen LogP contribution is 2.21. The predicted octanol–water partition coefficient (Wildman–Crippen LogP) is 3.19. The van der Waals surface area contributed by atoms with Crippen molar-refractivity contribution in [3.05, 3.63) is 71.8 Å². The molecule has 2 unspecified atom stereocenters. The molecule has 0 radical (unpaired) electrons. The van der Waals surface area contributed by atoms with Gasteiger partial charge in [-0.3, -0.25) is 9.00 Å². The van der Waals surface area contributed by atoms with Crippen LogP contribution in [0.3, 0.4) is 0 Å². The van der Waals surface area contributed by atoms with E-state index in [4.69, 9.17) is 0 Å². The normalized spacial score (nSPS) is 13.5. The predicted molar refractivity (Wildman–Crippen MR) is 84.6 cm³/mol. The summed E-state index contributed by atoms with van der Waals surface area (Å²) in [5.74, 6) is -0.639. The Hall–Kier alpha value is -1.94. The van der Waals surface area contributed by atoms with Crippen molar-refractivity contribution in [3.63, 3.8) is 0 Å². The Morgan fingerprint density at radius 2 is 1.57 bits per heavy atom. The van der Waals surface area contributed by atoms with E-state index in [1.807, 2.05) is 36.4 Å². The lowest BCUT2D eigenvalue weighted by Crippen LogP contribution is -2.19. The van der Waals surface area contributed by atoms with Crippen LogP contribution in [0.4, 0.5) is 0 Å². The Labute approximate surface area is 127 Å². The molecule has 0 spiro atoms. The molecule has 2 rings (SSSR count). The standard InChI is InChI=1S/C17H18O3S/c18-17(19)16(15-11-5-2-6-12-15)21(20)13-7-10-14-8-3-1-4-9-14/h1-6,8-9,11-12,16H,7,10,13H2,(H,18,19). The molecular weight excluding hydrogens is 284 g/mol. The lowest BCUT2D eigenvalue weighted by molar-refractivity contribution is -0.136. The van der Waals surface area contributed by atoms with Crippen LogP contribution >= 0.6 is 0 Å². The SMILES string of the molecule is O=C(O)C(c1ccccc1)S(=O)CCCc1ccccc1. The first kappa shape index (κ1) is 15.4.